The van der Waals surface area contributed by atoms with Crippen LogP contribution in [0.4, 0.5) is 5.69 Å². The molecule has 0 bridgehead atoms. The molecule has 0 aliphatic carbocycles. The van der Waals surface area contributed by atoms with Gasteiger partial charge in [0.05, 0.1) is 11.6 Å². The second-order valence-electron chi connectivity index (χ2n) is 7.86. The normalized spacial score (nSPS) is 19.8. The molecule has 2 aliphatic rings. The summed E-state index contributed by atoms with van der Waals surface area (Å²) in [5, 5.41) is 3.33. The van der Waals surface area contributed by atoms with Gasteiger partial charge < -0.3 is 5.32 Å². The molecule has 0 radical (unpaired) electrons. The van der Waals surface area contributed by atoms with Crippen molar-refractivity contribution in [1.29, 1.82) is 0 Å². The maximum Gasteiger partial charge on any atom is 0.224 e. The van der Waals surface area contributed by atoms with Gasteiger partial charge in [-0.3, -0.25) is 14.5 Å². The van der Waals surface area contributed by atoms with Gasteiger partial charge in [0.1, 0.15) is 0 Å². The molecule has 0 spiro atoms. The molecule has 2 aromatic carbocycles. The Morgan fingerprint density at radius 1 is 1.14 bits per heavy atom. The SMILES string of the molecule is O=C1CCc2c(ccc(C(=O)CN3CCC[C@H](Cc4ccccc4)C3)c2Cl)N1. The Labute approximate surface area is 170 Å². The second kappa shape index (κ2) is 8.46. The fourth-order valence-corrected chi connectivity index (χ4v) is 4.71. The highest BCUT2D eigenvalue weighted by Gasteiger charge is 2.25. The average molecular weight is 397 g/mol. The van der Waals surface area contributed by atoms with Gasteiger partial charge in [0.25, 0.3) is 0 Å². The van der Waals surface area contributed by atoms with E-state index in [2.05, 4.69) is 34.5 Å². The smallest absolute Gasteiger partial charge is 0.224 e. The van der Waals surface area contributed by atoms with E-state index in [1.807, 2.05) is 6.07 Å². The minimum absolute atomic E-state index is 0.000387. The average Bonchev–Trinajstić information content (AvgIpc) is 2.69. The lowest BCUT2D eigenvalue weighted by Crippen LogP contribution is -2.39. The Bertz CT molecular complexity index is 882. The number of hydrogen-bond donors (Lipinski definition) is 1. The maximum absolute atomic E-state index is 12.9. The molecule has 5 heteroatoms. The van der Waals surface area contributed by atoms with E-state index < -0.39 is 0 Å². The molecule has 146 valence electrons. The van der Waals surface area contributed by atoms with Crippen LogP contribution in [0.15, 0.2) is 42.5 Å². The lowest BCUT2D eigenvalue weighted by atomic mass is 9.91. The highest BCUT2D eigenvalue weighted by molar-refractivity contribution is 6.35. The van der Waals surface area contributed by atoms with Crippen LogP contribution in [0.3, 0.4) is 0 Å². The molecular weight excluding hydrogens is 372 g/mol. The second-order valence-corrected chi connectivity index (χ2v) is 8.24. The van der Waals surface area contributed by atoms with Gasteiger partial charge in [-0.05, 0) is 61.4 Å². The number of anilines is 1. The molecule has 1 fully saturated rings. The Morgan fingerprint density at radius 3 is 2.79 bits per heavy atom. The summed E-state index contributed by atoms with van der Waals surface area (Å²) in [7, 11) is 0. The van der Waals surface area contributed by atoms with Crippen molar-refractivity contribution in [2.24, 2.45) is 5.92 Å². The van der Waals surface area contributed by atoms with Crippen molar-refractivity contribution in [3.63, 3.8) is 0 Å². The van der Waals surface area contributed by atoms with Gasteiger partial charge in [-0.1, -0.05) is 41.9 Å². The van der Waals surface area contributed by atoms with E-state index in [1.54, 1.807) is 12.1 Å². The van der Waals surface area contributed by atoms with Crippen LogP contribution in [0, 0.1) is 5.92 Å². The minimum atomic E-state index is 0.000387. The first kappa shape index (κ1) is 19.2. The van der Waals surface area contributed by atoms with Gasteiger partial charge in [0, 0.05) is 24.2 Å². The van der Waals surface area contributed by atoms with Crippen LogP contribution >= 0.6 is 11.6 Å². The zero-order valence-electron chi connectivity index (χ0n) is 15.9. The highest BCUT2D eigenvalue weighted by Crippen LogP contribution is 2.32. The topological polar surface area (TPSA) is 49.4 Å². The third-order valence-electron chi connectivity index (χ3n) is 5.76. The summed E-state index contributed by atoms with van der Waals surface area (Å²) in [6, 6.07) is 14.1. The van der Waals surface area contributed by atoms with E-state index in [4.69, 9.17) is 11.6 Å². The van der Waals surface area contributed by atoms with Gasteiger partial charge >= 0.3 is 0 Å². The number of rotatable bonds is 5. The molecule has 2 aliphatic heterocycles. The van der Waals surface area contributed by atoms with Crippen LogP contribution in [0.5, 0.6) is 0 Å². The summed E-state index contributed by atoms with van der Waals surface area (Å²) in [6.07, 6.45) is 4.39. The third kappa shape index (κ3) is 4.29. The van der Waals surface area contributed by atoms with Gasteiger partial charge in [-0.15, -0.1) is 0 Å². The van der Waals surface area contributed by atoms with Gasteiger partial charge in [0.2, 0.25) is 5.91 Å². The third-order valence-corrected chi connectivity index (χ3v) is 6.19. The first-order chi connectivity index (χ1) is 13.6. The Hall–Kier alpha value is -2.17. The summed E-state index contributed by atoms with van der Waals surface area (Å²) < 4.78 is 0. The Morgan fingerprint density at radius 2 is 1.96 bits per heavy atom. The Kier molecular flexibility index (Phi) is 5.79. The fraction of sp³-hybridized carbons (Fsp3) is 0.391. The number of carbonyl (C=O) groups excluding carboxylic acids is 2. The molecular formula is C23H25ClN2O2. The van der Waals surface area contributed by atoms with E-state index in [-0.39, 0.29) is 11.7 Å². The summed E-state index contributed by atoms with van der Waals surface area (Å²) in [5.74, 6) is 0.642. The molecule has 4 nitrogen and oxygen atoms in total. The first-order valence-corrected chi connectivity index (χ1v) is 10.4. The molecule has 2 heterocycles. The lowest BCUT2D eigenvalue weighted by Gasteiger charge is -2.32. The quantitative estimate of drug-likeness (QED) is 0.764. The molecule has 0 unspecified atom stereocenters. The van der Waals surface area contributed by atoms with E-state index in [0.29, 0.717) is 35.9 Å². The predicted octanol–water partition coefficient (Wildman–Crippen LogP) is 4.36. The Balaban J connectivity index is 1.41. The number of nitrogens with zero attached hydrogens (tertiary/aromatic N) is 1. The number of likely N-dealkylation sites (tertiary alicyclic amines) is 1. The van der Waals surface area contributed by atoms with Gasteiger partial charge in [0.15, 0.2) is 5.78 Å². The van der Waals surface area contributed by atoms with Crippen molar-refractivity contribution in [2.45, 2.75) is 32.1 Å². The van der Waals surface area contributed by atoms with Crippen LogP contribution in [-0.2, 0) is 17.6 Å². The number of nitrogens with one attached hydrogen (secondary N) is 1. The number of carbonyl (C=O) groups is 2. The maximum atomic E-state index is 12.9. The molecule has 28 heavy (non-hydrogen) atoms. The standard InChI is InChI=1S/C23H25ClN2O2/c24-23-18-9-11-22(28)25-20(18)10-8-19(23)21(27)15-26-12-4-7-17(14-26)13-16-5-2-1-3-6-16/h1-3,5-6,8,10,17H,4,7,9,11-15H2,(H,25,28)/t17-/m1/s1. The molecule has 1 N–H and O–H groups in total. The molecule has 0 saturated carbocycles. The van der Waals surface area contributed by atoms with Crippen molar-refractivity contribution in [2.75, 3.05) is 25.0 Å². The van der Waals surface area contributed by atoms with Gasteiger partial charge in [-0.25, -0.2) is 0 Å². The molecule has 0 aromatic heterocycles. The number of Topliss-reactive ketones (excluding diaryl/α,β-unsaturated/α-hetero) is 1. The molecule has 4 rings (SSSR count). The summed E-state index contributed by atoms with van der Waals surface area (Å²) in [4.78, 5) is 26.7. The first-order valence-electron chi connectivity index (χ1n) is 10.0. The molecule has 1 amide bonds. The number of hydrogen-bond acceptors (Lipinski definition) is 3. The van der Waals surface area contributed by atoms with E-state index in [9.17, 15) is 9.59 Å². The van der Waals surface area contributed by atoms with E-state index >= 15 is 0 Å². The molecule has 1 saturated heterocycles. The number of piperidine rings is 1. The number of fused-ring (bicyclic) bond motifs is 1. The summed E-state index contributed by atoms with van der Waals surface area (Å²) >= 11 is 6.53. The molecule has 2 aromatic rings. The van der Waals surface area contributed by atoms with Crippen molar-refractivity contribution in [3.05, 3.63) is 64.2 Å². The zero-order chi connectivity index (χ0) is 19.5. The van der Waals surface area contributed by atoms with Crippen molar-refractivity contribution >= 4 is 29.0 Å². The zero-order valence-corrected chi connectivity index (χ0v) is 16.7. The number of halogens is 1. The number of amides is 1. The van der Waals surface area contributed by atoms with Crippen LogP contribution in [0.2, 0.25) is 5.02 Å². The predicted molar refractivity (Wildman–Crippen MR) is 112 cm³/mol. The summed E-state index contributed by atoms with van der Waals surface area (Å²) in [6.45, 7) is 2.30. The van der Waals surface area contributed by atoms with Gasteiger partial charge in [-0.2, -0.15) is 0 Å². The van der Waals surface area contributed by atoms with Crippen molar-refractivity contribution in [3.8, 4) is 0 Å². The fourth-order valence-electron chi connectivity index (χ4n) is 4.35. The largest absolute Gasteiger partial charge is 0.326 e. The van der Waals surface area contributed by atoms with Crippen LogP contribution in [0.25, 0.3) is 0 Å². The molecule has 1 atom stereocenters. The monoisotopic (exact) mass is 396 g/mol. The van der Waals surface area contributed by atoms with Crippen LogP contribution in [0.1, 0.15) is 40.7 Å². The minimum Gasteiger partial charge on any atom is -0.326 e. The van der Waals surface area contributed by atoms with Crippen molar-refractivity contribution < 1.29 is 9.59 Å². The van der Waals surface area contributed by atoms with E-state index in [1.165, 1.54) is 12.0 Å². The van der Waals surface area contributed by atoms with Crippen molar-refractivity contribution in [1.82, 2.24) is 4.90 Å². The number of ketones is 1. The number of benzene rings is 2. The van der Waals surface area contributed by atoms with E-state index in [0.717, 1.165) is 37.2 Å². The highest BCUT2D eigenvalue weighted by atomic mass is 35.5. The lowest BCUT2D eigenvalue weighted by molar-refractivity contribution is -0.116. The van der Waals surface area contributed by atoms with Crippen LogP contribution in [-0.4, -0.2) is 36.2 Å². The summed E-state index contributed by atoms with van der Waals surface area (Å²) in [5.41, 5.74) is 3.55. The van der Waals surface area contributed by atoms with Crippen LogP contribution < -0.4 is 5.32 Å².